The van der Waals surface area contributed by atoms with Crippen LogP contribution >= 0.6 is 38.5 Å². The van der Waals surface area contributed by atoms with Crippen LogP contribution in [0.15, 0.2) is 46.9 Å². The molecule has 0 aliphatic carbocycles. The Morgan fingerprint density at radius 2 is 1.96 bits per heavy atom. The van der Waals surface area contributed by atoms with Crippen LogP contribution in [-0.2, 0) is 11.4 Å². The molecule has 0 saturated carbocycles. The second-order valence-corrected chi connectivity index (χ2v) is 6.93. The van der Waals surface area contributed by atoms with Crippen molar-refractivity contribution in [3.63, 3.8) is 0 Å². The van der Waals surface area contributed by atoms with Gasteiger partial charge in [0.25, 0.3) is 0 Å². The molecule has 0 bridgehead atoms. The standard InChI is InChI=1S/C18H16BrIO4/c1-2-23-16-10-13(5-8-17(21)22)9-15(20)18(16)24-11-12-3-6-14(19)7-4-12/h3-10H,2,11H2,1H3,(H,21,22)/b8-5+. The number of hydrogen-bond acceptors (Lipinski definition) is 3. The van der Waals surface area contributed by atoms with Crippen LogP contribution in [0.2, 0.25) is 0 Å². The summed E-state index contributed by atoms with van der Waals surface area (Å²) in [7, 11) is 0. The van der Waals surface area contributed by atoms with Crippen molar-refractivity contribution in [1.82, 2.24) is 0 Å². The molecule has 24 heavy (non-hydrogen) atoms. The lowest BCUT2D eigenvalue weighted by Crippen LogP contribution is -2.02. The molecule has 0 aliphatic heterocycles. The maximum Gasteiger partial charge on any atom is 0.328 e. The molecule has 2 aromatic carbocycles. The van der Waals surface area contributed by atoms with Gasteiger partial charge in [-0.25, -0.2) is 4.79 Å². The van der Waals surface area contributed by atoms with Crippen LogP contribution < -0.4 is 9.47 Å². The van der Waals surface area contributed by atoms with Gasteiger partial charge >= 0.3 is 5.97 Å². The average Bonchev–Trinajstić information content (AvgIpc) is 2.54. The van der Waals surface area contributed by atoms with Gasteiger partial charge in [-0.1, -0.05) is 28.1 Å². The van der Waals surface area contributed by atoms with Crippen LogP contribution in [0.3, 0.4) is 0 Å². The minimum atomic E-state index is -0.987. The highest BCUT2D eigenvalue weighted by Gasteiger charge is 2.12. The second-order valence-electron chi connectivity index (χ2n) is 4.85. The van der Waals surface area contributed by atoms with E-state index in [0.29, 0.717) is 24.7 Å². The fraction of sp³-hybridized carbons (Fsp3) is 0.167. The van der Waals surface area contributed by atoms with Crippen molar-refractivity contribution in [3.05, 3.63) is 61.6 Å². The number of benzene rings is 2. The Bertz CT molecular complexity index is 741. The zero-order valence-electron chi connectivity index (χ0n) is 13.0. The fourth-order valence-corrected chi connectivity index (χ4v) is 3.04. The third-order valence-corrected chi connectivity index (χ3v) is 4.38. The van der Waals surface area contributed by atoms with E-state index in [1.165, 1.54) is 6.08 Å². The Hall–Kier alpha value is -1.54. The summed E-state index contributed by atoms with van der Waals surface area (Å²) in [5.41, 5.74) is 1.80. The van der Waals surface area contributed by atoms with Crippen LogP contribution in [0.4, 0.5) is 0 Å². The molecule has 6 heteroatoms. The fourth-order valence-electron chi connectivity index (χ4n) is 1.99. The molecule has 126 valence electrons. The molecule has 1 N–H and O–H groups in total. The molecule has 0 atom stereocenters. The molecule has 0 spiro atoms. The summed E-state index contributed by atoms with van der Waals surface area (Å²) in [5.74, 6) is 0.276. The minimum Gasteiger partial charge on any atom is -0.490 e. The number of rotatable bonds is 7. The van der Waals surface area contributed by atoms with Gasteiger partial charge in [0.2, 0.25) is 0 Å². The van der Waals surface area contributed by atoms with Crippen molar-refractivity contribution >= 4 is 50.6 Å². The summed E-state index contributed by atoms with van der Waals surface area (Å²) in [4.78, 5) is 10.7. The molecule has 4 nitrogen and oxygen atoms in total. The Labute approximate surface area is 162 Å². The van der Waals surface area contributed by atoms with E-state index in [1.807, 2.05) is 37.3 Å². The summed E-state index contributed by atoms with van der Waals surface area (Å²) in [6, 6.07) is 11.5. The molecule has 0 aromatic heterocycles. The van der Waals surface area contributed by atoms with Gasteiger partial charge in [0.15, 0.2) is 11.5 Å². The van der Waals surface area contributed by atoms with Gasteiger partial charge in [-0.2, -0.15) is 0 Å². The Morgan fingerprint density at radius 1 is 1.25 bits per heavy atom. The van der Waals surface area contributed by atoms with Gasteiger partial charge in [-0.15, -0.1) is 0 Å². The van der Waals surface area contributed by atoms with Crippen LogP contribution in [0, 0.1) is 3.57 Å². The van der Waals surface area contributed by atoms with Crippen LogP contribution in [0.25, 0.3) is 6.08 Å². The number of carbonyl (C=O) groups is 1. The maximum atomic E-state index is 10.7. The molecule has 0 aliphatic rings. The first-order chi connectivity index (χ1) is 11.5. The van der Waals surface area contributed by atoms with E-state index in [0.717, 1.165) is 25.2 Å². The van der Waals surface area contributed by atoms with E-state index in [2.05, 4.69) is 38.5 Å². The lowest BCUT2D eigenvalue weighted by molar-refractivity contribution is -0.131. The first kappa shape index (κ1) is 18.8. The SMILES string of the molecule is CCOc1cc(/C=C/C(=O)O)cc(I)c1OCc1ccc(Br)cc1. The van der Waals surface area contributed by atoms with Crippen molar-refractivity contribution in [2.75, 3.05) is 6.61 Å². The third-order valence-electron chi connectivity index (χ3n) is 3.05. The van der Waals surface area contributed by atoms with E-state index in [1.54, 1.807) is 6.07 Å². The highest BCUT2D eigenvalue weighted by Crippen LogP contribution is 2.35. The second kappa shape index (κ2) is 9.08. The highest BCUT2D eigenvalue weighted by atomic mass is 127. The summed E-state index contributed by atoms with van der Waals surface area (Å²) in [5, 5.41) is 8.75. The van der Waals surface area contributed by atoms with Crippen molar-refractivity contribution in [2.45, 2.75) is 13.5 Å². The Morgan fingerprint density at radius 3 is 2.58 bits per heavy atom. The van der Waals surface area contributed by atoms with Crippen molar-refractivity contribution in [2.24, 2.45) is 0 Å². The summed E-state index contributed by atoms with van der Waals surface area (Å²) in [6.07, 6.45) is 2.63. The maximum absolute atomic E-state index is 10.7. The quantitative estimate of drug-likeness (QED) is 0.421. The first-order valence-corrected chi connectivity index (χ1v) is 9.11. The zero-order valence-corrected chi connectivity index (χ0v) is 16.7. The molecule has 0 radical (unpaired) electrons. The minimum absolute atomic E-state index is 0.424. The van der Waals surface area contributed by atoms with Crippen LogP contribution in [0.1, 0.15) is 18.1 Å². The Kier molecular flexibility index (Phi) is 7.11. The van der Waals surface area contributed by atoms with Gasteiger partial charge in [0, 0.05) is 10.5 Å². The number of hydrogen-bond donors (Lipinski definition) is 1. The predicted molar refractivity (Wildman–Crippen MR) is 105 cm³/mol. The van der Waals surface area contributed by atoms with Gasteiger partial charge in [0.05, 0.1) is 10.2 Å². The molecule has 0 amide bonds. The van der Waals surface area contributed by atoms with E-state index >= 15 is 0 Å². The highest BCUT2D eigenvalue weighted by molar-refractivity contribution is 14.1. The third kappa shape index (κ3) is 5.52. The lowest BCUT2D eigenvalue weighted by Gasteiger charge is -2.15. The summed E-state index contributed by atoms with van der Waals surface area (Å²) >= 11 is 5.57. The molecule has 2 aromatic rings. The number of ether oxygens (including phenoxy) is 2. The average molecular weight is 503 g/mol. The molecule has 0 unspecified atom stereocenters. The molecule has 2 rings (SSSR count). The topological polar surface area (TPSA) is 55.8 Å². The monoisotopic (exact) mass is 502 g/mol. The van der Waals surface area contributed by atoms with Crippen LogP contribution in [0.5, 0.6) is 11.5 Å². The smallest absolute Gasteiger partial charge is 0.328 e. The van der Waals surface area contributed by atoms with Gasteiger partial charge in [-0.3, -0.25) is 0 Å². The van der Waals surface area contributed by atoms with E-state index in [9.17, 15) is 4.79 Å². The van der Waals surface area contributed by atoms with E-state index in [4.69, 9.17) is 14.6 Å². The Balaban J connectivity index is 2.23. The lowest BCUT2D eigenvalue weighted by atomic mass is 10.2. The molecular formula is C18H16BrIO4. The molecule has 0 fully saturated rings. The normalized spacial score (nSPS) is 10.8. The first-order valence-electron chi connectivity index (χ1n) is 7.24. The van der Waals surface area contributed by atoms with Gasteiger partial charge in [-0.05, 0) is 71.0 Å². The number of aliphatic carboxylic acids is 1. The molecular weight excluding hydrogens is 487 g/mol. The number of carboxylic acids is 1. The molecule has 0 heterocycles. The summed E-state index contributed by atoms with van der Waals surface area (Å²) < 4.78 is 13.5. The summed E-state index contributed by atoms with van der Waals surface area (Å²) in [6.45, 7) is 2.82. The van der Waals surface area contributed by atoms with E-state index < -0.39 is 5.97 Å². The van der Waals surface area contributed by atoms with Gasteiger partial charge in [0.1, 0.15) is 6.61 Å². The van der Waals surface area contributed by atoms with Crippen LogP contribution in [-0.4, -0.2) is 17.7 Å². The van der Waals surface area contributed by atoms with Crippen molar-refractivity contribution in [1.29, 1.82) is 0 Å². The van der Waals surface area contributed by atoms with Gasteiger partial charge < -0.3 is 14.6 Å². The van der Waals surface area contributed by atoms with E-state index in [-0.39, 0.29) is 0 Å². The zero-order chi connectivity index (χ0) is 17.5. The largest absolute Gasteiger partial charge is 0.490 e. The number of carboxylic acid groups (broad SMARTS) is 1. The van der Waals surface area contributed by atoms with Crippen molar-refractivity contribution < 1.29 is 19.4 Å². The number of halogens is 2. The van der Waals surface area contributed by atoms with Crippen molar-refractivity contribution in [3.8, 4) is 11.5 Å². The predicted octanol–water partition coefficient (Wildman–Crippen LogP) is 5.13. The molecule has 0 saturated heterocycles.